The highest BCUT2D eigenvalue weighted by atomic mass is 14.8. The molecular weight excluding hydrogens is 573 g/mol. The van der Waals surface area contributed by atoms with Crippen molar-refractivity contribution in [2.75, 3.05) is 0 Å². The van der Waals surface area contributed by atoms with Gasteiger partial charge in [-0.05, 0) is 86.6 Å². The fourth-order valence-corrected chi connectivity index (χ4v) is 7.31. The molecule has 4 aromatic heterocycles. The Morgan fingerprint density at radius 3 is 1.85 bits per heavy atom. The Bertz CT molecular complexity index is 2410. The van der Waals surface area contributed by atoms with E-state index < -0.39 is 0 Å². The van der Waals surface area contributed by atoms with Gasteiger partial charge in [0.05, 0.1) is 34.0 Å². The molecule has 1 aliphatic rings. The van der Waals surface area contributed by atoms with E-state index in [2.05, 4.69) is 121 Å². The summed E-state index contributed by atoms with van der Waals surface area (Å²) in [6.07, 6.45) is 3.61. The largest absolute Gasteiger partial charge is 0.255 e. The summed E-state index contributed by atoms with van der Waals surface area (Å²) >= 11 is 0. The van der Waals surface area contributed by atoms with E-state index in [-0.39, 0.29) is 5.41 Å². The van der Waals surface area contributed by atoms with Crippen molar-refractivity contribution in [3.05, 3.63) is 157 Å². The normalized spacial score (nSPS) is 13.1. The van der Waals surface area contributed by atoms with Crippen molar-refractivity contribution in [3.8, 4) is 56.3 Å². The van der Waals surface area contributed by atoms with E-state index in [1.165, 1.54) is 44.0 Å². The van der Waals surface area contributed by atoms with Gasteiger partial charge in [-0.25, -0.2) is 9.97 Å². The lowest BCUT2D eigenvalue weighted by Gasteiger charge is -2.25. The van der Waals surface area contributed by atoms with Crippen molar-refractivity contribution in [2.24, 2.45) is 0 Å². The molecule has 0 atom stereocenters. The molecule has 4 nitrogen and oxygen atoms in total. The Hall–Kier alpha value is -6.00. The minimum atomic E-state index is -0.210. The second kappa shape index (κ2) is 10.5. The zero-order chi connectivity index (χ0) is 31.5. The fourth-order valence-electron chi connectivity index (χ4n) is 7.31. The minimum absolute atomic E-state index is 0.210. The van der Waals surface area contributed by atoms with Crippen LogP contribution in [0.5, 0.6) is 0 Å². The number of aromatic nitrogens is 4. The zero-order valence-corrected chi connectivity index (χ0v) is 26.1. The standard InChI is InChI=1S/C43H30N4/c1-43(2)33-14-6-5-13-32(33)42-41(43)39(40-31-12-4-3-11-28(31)21-22-36(40)47-42)29-19-17-27(18-20-29)30-25-37(34-15-7-9-23-44-34)46-38(26-30)35-16-8-10-24-45-35/h3-26H,1-2H3. The molecule has 0 aliphatic heterocycles. The lowest BCUT2D eigenvalue weighted by molar-refractivity contribution is 0.662. The van der Waals surface area contributed by atoms with Gasteiger partial charge in [-0.15, -0.1) is 0 Å². The molecule has 0 fully saturated rings. The lowest BCUT2D eigenvalue weighted by atomic mass is 9.78. The maximum atomic E-state index is 5.35. The number of hydrogen-bond donors (Lipinski definition) is 0. The molecule has 0 saturated carbocycles. The van der Waals surface area contributed by atoms with Gasteiger partial charge in [0, 0.05) is 28.8 Å². The quantitative estimate of drug-likeness (QED) is 0.188. The van der Waals surface area contributed by atoms with Crippen LogP contribution in [0.1, 0.15) is 25.0 Å². The van der Waals surface area contributed by atoms with Crippen molar-refractivity contribution >= 4 is 21.7 Å². The summed E-state index contributed by atoms with van der Waals surface area (Å²) in [5.74, 6) is 0. The molecule has 222 valence electrons. The molecule has 8 aromatic rings. The summed E-state index contributed by atoms with van der Waals surface area (Å²) in [5.41, 5.74) is 13.6. The first-order chi connectivity index (χ1) is 23.1. The first-order valence-corrected chi connectivity index (χ1v) is 16.0. The molecule has 0 spiro atoms. The minimum Gasteiger partial charge on any atom is -0.255 e. The van der Waals surface area contributed by atoms with Crippen LogP contribution in [-0.4, -0.2) is 19.9 Å². The Labute approximate surface area is 273 Å². The highest BCUT2D eigenvalue weighted by molar-refractivity contribution is 6.15. The average Bonchev–Trinajstić information content (AvgIpc) is 3.37. The highest BCUT2D eigenvalue weighted by Crippen LogP contribution is 2.54. The number of nitrogens with zero attached hydrogens (tertiary/aromatic N) is 4. The molecule has 0 unspecified atom stereocenters. The van der Waals surface area contributed by atoms with E-state index in [9.17, 15) is 0 Å². The second-order valence-electron chi connectivity index (χ2n) is 12.7. The number of benzene rings is 4. The van der Waals surface area contributed by atoms with Crippen LogP contribution in [0.2, 0.25) is 0 Å². The molecule has 1 aliphatic carbocycles. The zero-order valence-electron chi connectivity index (χ0n) is 26.1. The first kappa shape index (κ1) is 27.3. The Morgan fingerprint density at radius 2 is 1.15 bits per heavy atom. The van der Waals surface area contributed by atoms with Gasteiger partial charge in [-0.3, -0.25) is 9.97 Å². The molecule has 0 saturated heterocycles. The van der Waals surface area contributed by atoms with Gasteiger partial charge in [0.1, 0.15) is 0 Å². The smallest absolute Gasteiger partial charge is 0.0900 e. The molecule has 4 aromatic carbocycles. The highest BCUT2D eigenvalue weighted by Gasteiger charge is 2.39. The monoisotopic (exact) mass is 602 g/mol. The molecule has 9 rings (SSSR count). The van der Waals surface area contributed by atoms with Crippen LogP contribution < -0.4 is 0 Å². The molecule has 0 amide bonds. The van der Waals surface area contributed by atoms with E-state index in [1.54, 1.807) is 12.4 Å². The molecule has 0 radical (unpaired) electrons. The van der Waals surface area contributed by atoms with E-state index in [4.69, 9.17) is 9.97 Å². The SMILES string of the molecule is CC1(C)c2ccccc2-c2nc3ccc4ccccc4c3c(-c3ccc(-c4cc(-c5ccccn5)nc(-c5ccccn5)c4)cc3)c21. The van der Waals surface area contributed by atoms with E-state index in [0.29, 0.717) is 0 Å². The number of rotatable bonds is 4. The third kappa shape index (κ3) is 4.37. The summed E-state index contributed by atoms with van der Waals surface area (Å²) in [6.45, 7) is 4.67. The Balaban J connectivity index is 1.26. The Morgan fingerprint density at radius 1 is 0.511 bits per heavy atom. The predicted molar refractivity (Wildman–Crippen MR) is 192 cm³/mol. The predicted octanol–water partition coefficient (Wildman–Crippen LogP) is 10.5. The van der Waals surface area contributed by atoms with Crippen LogP contribution in [0.4, 0.5) is 0 Å². The van der Waals surface area contributed by atoms with Crippen LogP contribution in [0.15, 0.2) is 146 Å². The van der Waals surface area contributed by atoms with Crippen molar-refractivity contribution in [3.63, 3.8) is 0 Å². The van der Waals surface area contributed by atoms with E-state index in [1.807, 2.05) is 36.4 Å². The third-order valence-corrected chi connectivity index (χ3v) is 9.54. The first-order valence-electron chi connectivity index (χ1n) is 16.0. The van der Waals surface area contributed by atoms with Crippen LogP contribution in [-0.2, 0) is 5.41 Å². The van der Waals surface area contributed by atoms with Crippen LogP contribution in [0, 0.1) is 0 Å². The average molecular weight is 603 g/mol. The van der Waals surface area contributed by atoms with Gasteiger partial charge in [0.2, 0.25) is 0 Å². The molecular formula is C43H30N4. The van der Waals surface area contributed by atoms with Gasteiger partial charge in [-0.1, -0.05) is 105 Å². The van der Waals surface area contributed by atoms with Crippen LogP contribution >= 0.6 is 0 Å². The third-order valence-electron chi connectivity index (χ3n) is 9.54. The van der Waals surface area contributed by atoms with E-state index in [0.717, 1.165) is 45.1 Å². The van der Waals surface area contributed by atoms with Gasteiger partial charge in [-0.2, -0.15) is 0 Å². The summed E-state index contributed by atoms with van der Waals surface area (Å²) in [6, 6.07) is 46.8. The number of fused-ring (bicyclic) bond motifs is 6. The van der Waals surface area contributed by atoms with Gasteiger partial charge in [0.25, 0.3) is 0 Å². The second-order valence-corrected chi connectivity index (χ2v) is 12.7. The maximum Gasteiger partial charge on any atom is 0.0900 e. The van der Waals surface area contributed by atoms with Crippen LogP contribution in [0.3, 0.4) is 0 Å². The van der Waals surface area contributed by atoms with Gasteiger partial charge in [0.15, 0.2) is 0 Å². The molecule has 4 heterocycles. The molecule has 0 N–H and O–H groups in total. The van der Waals surface area contributed by atoms with Crippen molar-refractivity contribution in [1.29, 1.82) is 0 Å². The molecule has 0 bridgehead atoms. The molecule has 4 heteroatoms. The maximum absolute atomic E-state index is 5.35. The van der Waals surface area contributed by atoms with Crippen LogP contribution in [0.25, 0.3) is 78.0 Å². The van der Waals surface area contributed by atoms with Crippen molar-refractivity contribution in [2.45, 2.75) is 19.3 Å². The van der Waals surface area contributed by atoms with Crippen molar-refractivity contribution < 1.29 is 0 Å². The summed E-state index contributed by atoms with van der Waals surface area (Å²) in [7, 11) is 0. The fraction of sp³-hybridized carbons (Fsp3) is 0.0698. The van der Waals surface area contributed by atoms with Crippen molar-refractivity contribution in [1.82, 2.24) is 19.9 Å². The van der Waals surface area contributed by atoms with Gasteiger partial charge < -0.3 is 0 Å². The summed E-state index contributed by atoms with van der Waals surface area (Å²) < 4.78 is 0. The topological polar surface area (TPSA) is 51.6 Å². The summed E-state index contributed by atoms with van der Waals surface area (Å²) in [5, 5.41) is 3.64. The lowest BCUT2D eigenvalue weighted by Crippen LogP contribution is -2.16. The van der Waals surface area contributed by atoms with E-state index >= 15 is 0 Å². The number of hydrogen-bond acceptors (Lipinski definition) is 4. The summed E-state index contributed by atoms with van der Waals surface area (Å²) in [4.78, 5) is 19.5. The Kier molecular flexibility index (Phi) is 6.12. The van der Waals surface area contributed by atoms with Gasteiger partial charge >= 0.3 is 0 Å². The number of pyridine rings is 4. The molecule has 47 heavy (non-hydrogen) atoms.